The van der Waals surface area contributed by atoms with Gasteiger partial charge in [0, 0.05) is 19.4 Å². The first-order valence-electron chi connectivity index (χ1n) is 10.0. The molecule has 0 spiro atoms. The average molecular weight is 374 g/mol. The van der Waals surface area contributed by atoms with Gasteiger partial charge in [0.15, 0.2) is 0 Å². The molecular weight excluding hydrogens is 338 g/mol. The summed E-state index contributed by atoms with van der Waals surface area (Å²) in [6.45, 7) is 0.338. The number of carbonyl (C=O) groups excluding carboxylic acids is 1. The minimum Gasteiger partial charge on any atom is -0.395 e. The lowest BCUT2D eigenvalue weighted by Crippen LogP contribution is -2.25. The number of allylic oxidation sites excluding steroid dienone is 6. The van der Waals surface area contributed by atoms with Crippen molar-refractivity contribution in [2.24, 2.45) is 0 Å². The molecule has 1 saturated heterocycles. The van der Waals surface area contributed by atoms with E-state index in [2.05, 4.69) is 58.5 Å². The molecule has 0 aromatic rings. The number of aliphatic hydroxyl groups excluding tert-OH is 1. The number of nitrogens with one attached hydrogen (secondary N) is 3. The molecule has 150 valence electrons. The second kappa shape index (κ2) is 15.2. The Morgan fingerprint density at radius 3 is 2.30 bits per heavy atom. The number of carbonyl (C=O) groups is 1. The van der Waals surface area contributed by atoms with Gasteiger partial charge in [-0.3, -0.25) is 4.79 Å². The summed E-state index contributed by atoms with van der Waals surface area (Å²) < 4.78 is 0. The standard InChI is InChI=1S/C22H35N3O2/c1-2-3-14-17-22(24-25-22)18-15-12-10-8-6-4-5-7-9-11-13-16-21(27)23-19-20-26/h1,4,6-7,9-10,12,24-26H,3,5,8,11,13-20H2,(H,23,27)/b6-4-,9-7-,12-10-. The summed E-state index contributed by atoms with van der Waals surface area (Å²) in [5.41, 5.74) is 6.64. The maximum Gasteiger partial charge on any atom is 0.220 e. The van der Waals surface area contributed by atoms with Crippen LogP contribution in [0.4, 0.5) is 0 Å². The lowest BCUT2D eigenvalue weighted by Gasteiger charge is -2.08. The molecule has 1 aliphatic heterocycles. The lowest BCUT2D eigenvalue weighted by molar-refractivity contribution is -0.121. The molecule has 0 aromatic carbocycles. The van der Waals surface area contributed by atoms with Crippen LogP contribution in [0.5, 0.6) is 0 Å². The molecule has 1 aliphatic rings. The molecule has 0 atom stereocenters. The zero-order valence-electron chi connectivity index (χ0n) is 16.4. The van der Waals surface area contributed by atoms with Gasteiger partial charge in [0.1, 0.15) is 0 Å². The van der Waals surface area contributed by atoms with E-state index in [1.165, 1.54) is 0 Å². The minimum atomic E-state index is -0.00445. The van der Waals surface area contributed by atoms with Crippen LogP contribution in [0.25, 0.3) is 0 Å². The first kappa shape index (κ1) is 23.2. The molecule has 1 heterocycles. The summed E-state index contributed by atoms with van der Waals surface area (Å²) in [6.07, 6.45) is 27.7. The van der Waals surface area contributed by atoms with Crippen molar-refractivity contribution in [2.75, 3.05) is 13.2 Å². The Kier molecular flexibility index (Phi) is 13.1. The Labute approximate surface area is 164 Å². The van der Waals surface area contributed by atoms with Crippen LogP contribution in [0.2, 0.25) is 0 Å². The zero-order valence-corrected chi connectivity index (χ0v) is 16.4. The van der Waals surface area contributed by atoms with Crippen molar-refractivity contribution in [1.82, 2.24) is 16.2 Å². The predicted molar refractivity (Wildman–Crippen MR) is 112 cm³/mol. The smallest absolute Gasteiger partial charge is 0.220 e. The van der Waals surface area contributed by atoms with E-state index in [0.29, 0.717) is 13.0 Å². The number of unbranched alkanes of at least 4 members (excludes halogenated alkanes) is 2. The largest absolute Gasteiger partial charge is 0.395 e. The van der Waals surface area contributed by atoms with Crippen LogP contribution in [-0.2, 0) is 4.79 Å². The molecule has 4 N–H and O–H groups in total. The van der Waals surface area contributed by atoms with Gasteiger partial charge in [-0.1, -0.05) is 36.5 Å². The van der Waals surface area contributed by atoms with Gasteiger partial charge < -0.3 is 10.4 Å². The highest BCUT2D eigenvalue weighted by molar-refractivity contribution is 5.75. The normalized spacial score (nSPS) is 15.6. The number of hydrogen-bond donors (Lipinski definition) is 4. The van der Waals surface area contributed by atoms with Gasteiger partial charge in [-0.15, -0.1) is 12.3 Å². The summed E-state index contributed by atoms with van der Waals surface area (Å²) in [5, 5.41) is 11.3. The van der Waals surface area contributed by atoms with Crippen LogP contribution in [0, 0.1) is 12.3 Å². The molecule has 1 rings (SSSR count). The van der Waals surface area contributed by atoms with Gasteiger partial charge in [-0.2, -0.15) is 0 Å². The Morgan fingerprint density at radius 1 is 1.00 bits per heavy atom. The van der Waals surface area contributed by atoms with E-state index >= 15 is 0 Å². The maximum absolute atomic E-state index is 11.3. The molecular formula is C22H35N3O2. The first-order valence-corrected chi connectivity index (χ1v) is 10.0. The van der Waals surface area contributed by atoms with Crippen molar-refractivity contribution < 1.29 is 9.90 Å². The van der Waals surface area contributed by atoms with Crippen molar-refractivity contribution in [3.63, 3.8) is 0 Å². The average Bonchev–Trinajstić information content (AvgIpc) is 3.44. The minimum absolute atomic E-state index is 0.00445. The van der Waals surface area contributed by atoms with Gasteiger partial charge in [-0.25, -0.2) is 10.9 Å². The molecule has 0 aromatic heterocycles. The number of rotatable bonds is 16. The van der Waals surface area contributed by atoms with Crippen molar-refractivity contribution in [3.8, 4) is 12.3 Å². The molecule has 0 unspecified atom stereocenters. The fourth-order valence-corrected chi connectivity index (χ4v) is 2.73. The molecule has 1 amide bonds. The van der Waals surface area contributed by atoms with Crippen molar-refractivity contribution in [2.45, 2.75) is 69.9 Å². The molecule has 5 nitrogen and oxygen atoms in total. The number of aliphatic hydroxyl groups is 1. The quantitative estimate of drug-likeness (QED) is 0.145. The molecule has 0 radical (unpaired) electrons. The van der Waals surface area contributed by atoms with Gasteiger partial charge in [-0.05, 0) is 51.4 Å². The van der Waals surface area contributed by atoms with Crippen LogP contribution in [0.1, 0.15) is 64.2 Å². The van der Waals surface area contributed by atoms with Crippen LogP contribution in [0.15, 0.2) is 36.5 Å². The van der Waals surface area contributed by atoms with E-state index in [1.54, 1.807) is 0 Å². The lowest BCUT2D eigenvalue weighted by atomic mass is 10.0. The van der Waals surface area contributed by atoms with Gasteiger partial charge in [0.2, 0.25) is 5.91 Å². The summed E-state index contributed by atoms with van der Waals surface area (Å²) in [4.78, 5) is 11.3. The third-order valence-corrected chi connectivity index (χ3v) is 4.39. The fourth-order valence-electron chi connectivity index (χ4n) is 2.73. The second-order valence-corrected chi connectivity index (χ2v) is 6.78. The topological polar surface area (TPSA) is 93.2 Å². The summed E-state index contributed by atoms with van der Waals surface area (Å²) in [6, 6.07) is 0. The van der Waals surface area contributed by atoms with E-state index in [9.17, 15) is 4.79 Å². The van der Waals surface area contributed by atoms with Gasteiger partial charge >= 0.3 is 0 Å². The van der Waals surface area contributed by atoms with Crippen LogP contribution in [-0.4, -0.2) is 29.8 Å². The van der Waals surface area contributed by atoms with Crippen LogP contribution >= 0.6 is 0 Å². The van der Waals surface area contributed by atoms with Crippen molar-refractivity contribution in [1.29, 1.82) is 0 Å². The highest BCUT2D eigenvalue weighted by Crippen LogP contribution is 2.24. The third-order valence-electron chi connectivity index (χ3n) is 4.39. The number of hydrazine groups is 1. The van der Waals surface area contributed by atoms with E-state index in [-0.39, 0.29) is 18.2 Å². The number of terminal acetylenes is 1. The molecule has 0 aliphatic carbocycles. The van der Waals surface area contributed by atoms with E-state index in [0.717, 1.165) is 57.8 Å². The van der Waals surface area contributed by atoms with E-state index in [4.69, 9.17) is 11.5 Å². The highest BCUT2D eigenvalue weighted by Gasteiger charge is 2.39. The summed E-state index contributed by atoms with van der Waals surface area (Å²) in [7, 11) is 0. The molecule has 0 saturated carbocycles. The van der Waals surface area contributed by atoms with Crippen LogP contribution in [0.3, 0.4) is 0 Å². The van der Waals surface area contributed by atoms with E-state index < -0.39 is 0 Å². The molecule has 27 heavy (non-hydrogen) atoms. The maximum atomic E-state index is 11.3. The Balaban J connectivity index is 1.94. The van der Waals surface area contributed by atoms with Gasteiger partial charge in [0.05, 0.1) is 12.3 Å². The monoisotopic (exact) mass is 373 g/mol. The molecule has 5 heteroatoms. The fraction of sp³-hybridized carbons (Fsp3) is 0.591. The highest BCUT2D eigenvalue weighted by atomic mass is 16.3. The number of amides is 1. The summed E-state index contributed by atoms with van der Waals surface area (Å²) in [5.74, 6) is 2.70. The van der Waals surface area contributed by atoms with E-state index in [1.807, 2.05) is 0 Å². The summed E-state index contributed by atoms with van der Waals surface area (Å²) >= 11 is 0. The molecule has 0 bridgehead atoms. The van der Waals surface area contributed by atoms with Crippen molar-refractivity contribution in [3.05, 3.63) is 36.5 Å². The van der Waals surface area contributed by atoms with Crippen LogP contribution < -0.4 is 16.2 Å². The first-order chi connectivity index (χ1) is 13.2. The Morgan fingerprint density at radius 2 is 1.67 bits per heavy atom. The van der Waals surface area contributed by atoms with Crippen molar-refractivity contribution >= 4 is 5.91 Å². The molecule has 1 fully saturated rings. The van der Waals surface area contributed by atoms with Gasteiger partial charge in [0.25, 0.3) is 0 Å². The zero-order chi connectivity index (χ0) is 19.6. The third kappa shape index (κ3) is 13.0. The SMILES string of the molecule is C#CCCCC1(CC/C=C\C/C=C\C/C=C\CCCC(=O)NCCO)NN1. The number of hydrogen-bond acceptors (Lipinski definition) is 4. The Hall–Kier alpha value is -1.87. The Bertz CT molecular complexity index is 528. The predicted octanol–water partition coefficient (Wildman–Crippen LogP) is 3.10. The second-order valence-electron chi connectivity index (χ2n) is 6.78.